The highest BCUT2D eigenvalue weighted by Gasteiger charge is 2.23. The molecular weight excluding hydrogens is 216 g/mol. The summed E-state index contributed by atoms with van der Waals surface area (Å²) in [6, 6.07) is 0.368. The fraction of sp³-hybridized carbons (Fsp3) is 0.846. The van der Waals surface area contributed by atoms with Gasteiger partial charge in [0.2, 0.25) is 0 Å². The van der Waals surface area contributed by atoms with E-state index in [1.54, 1.807) is 0 Å². The molecule has 4 heteroatoms. The zero-order valence-corrected chi connectivity index (χ0v) is 11.0. The van der Waals surface area contributed by atoms with E-state index >= 15 is 0 Å². The molecule has 0 aromatic carbocycles. The third-order valence-corrected chi connectivity index (χ3v) is 3.28. The van der Waals surface area contributed by atoms with Gasteiger partial charge in [-0.1, -0.05) is 13.8 Å². The Hall–Kier alpha value is -1.06. The van der Waals surface area contributed by atoms with Crippen molar-refractivity contribution in [1.29, 1.82) is 0 Å². The standard InChI is InChI=1S/C13H22N2O2/c1-4-11-8-16-13(15-11)9(2)5-6-12-14-7-10(3)17-12/h9-11H,4-8H2,1-3H3. The van der Waals surface area contributed by atoms with E-state index in [2.05, 4.69) is 30.8 Å². The molecule has 2 aliphatic heterocycles. The fourth-order valence-corrected chi connectivity index (χ4v) is 2.05. The molecule has 0 radical (unpaired) electrons. The molecule has 2 rings (SSSR count). The van der Waals surface area contributed by atoms with Crippen LogP contribution in [-0.4, -0.2) is 37.1 Å². The van der Waals surface area contributed by atoms with Crippen LogP contribution in [-0.2, 0) is 9.47 Å². The summed E-state index contributed by atoms with van der Waals surface area (Å²) in [7, 11) is 0. The van der Waals surface area contributed by atoms with E-state index in [-0.39, 0.29) is 6.10 Å². The second-order valence-electron chi connectivity index (χ2n) is 4.94. The van der Waals surface area contributed by atoms with Gasteiger partial charge in [-0.3, -0.25) is 4.99 Å². The van der Waals surface area contributed by atoms with Gasteiger partial charge in [0.25, 0.3) is 0 Å². The molecule has 96 valence electrons. The Balaban J connectivity index is 1.76. The van der Waals surface area contributed by atoms with Crippen molar-refractivity contribution in [2.45, 2.75) is 52.2 Å². The van der Waals surface area contributed by atoms with E-state index in [9.17, 15) is 0 Å². The van der Waals surface area contributed by atoms with Gasteiger partial charge in [0, 0.05) is 12.3 Å². The van der Waals surface area contributed by atoms with Crippen molar-refractivity contribution in [1.82, 2.24) is 0 Å². The maximum Gasteiger partial charge on any atom is 0.186 e. The Morgan fingerprint density at radius 1 is 1.47 bits per heavy atom. The minimum absolute atomic E-state index is 0.254. The number of rotatable bonds is 5. The molecule has 0 aliphatic carbocycles. The van der Waals surface area contributed by atoms with Crippen LogP contribution in [0.1, 0.15) is 40.0 Å². The molecule has 0 saturated heterocycles. The molecule has 0 bridgehead atoms. The second kappa shape index (κ2) is 5.52. The number of hydrogen-bond donors (Lipinski definition) is 0. The third kappa shape index (κ3) is 3.20. The highest BCUT2D eigenvalue weighted by molar-refractivity contribution is 5.82. The average molecular weight is 238 g/mol. The zero-order chi connectivity index (χ0) is 12.3. The lowest BCUT2D eigenvalue weighted by Gasteiger charge is -2.11. The van der Waals surface area contributed by atoms with Gasteiger partial charge >= 0.3 is 0 Å². The number of ether oxygens (including phenoxy) is 2. The van der Waals surface area contributed by atoms with Crippen molar-refractivity contribution >= 4 is 11.8 Å². The number of aliphatic imine (C=N–C) groups is 2. The zero-order valence-electron chi connectivity index (χ0n) is 11.0. The summed E-state index contributed by atoms with van der Waals surface area (Å²) in [6.45, 7) is 7.92. The molecule has 0 aromatic rings. The van der Waals surface area contributed by atoms with E-state index in [0.717, 1.165) is 44.2 Å². The molecule has 0 N–H and O–H groups in total. The Morgan fingerprint density at radius 3 is 2.88 bits per heavy atom. The monoisotopic (exact) mass is 238 g/mol. The van der Waals surface area contributed by atoms with Gasteiger partial charge in [-0.25, -0.2) is 4.99 Å². The topological polar surface area (TPSA) is 43.2 Å². The largest absolute Gasteiger partial charge is 0.478 e. The first kappa shape index (κ1) is 12.4. The summed E-state index contributed by atoms with van der Waals surface area (Å²) >= 11 is 0. The summed E-state index contributed by atoms with van der Waals surface area (Å²) in [5.74, 6) is 2.19. The van der Waals surface area contributed by atoms with Gasteiger partial charge in [0.1, 0.15) is 12.7 Å². The summed E-state index contributed by atoms with van der Waals surface area (Å²) < 4.78 is 11.2. The van der Waals surface area contributed by atoms with Gasteiger partial charge in [-0.05, 0) is 19.8 Å². The molecule has 0 amide bonds. The van der Waals surface area contributed by atoms with Crippen LogP contribution in [0, 0.1) is 5.92 Å². The molecule has 2 aliphatic rings. The van der Waals surface area contributed by atoms with Crippen molar-refractivity contribution in [2.75, 3.05) is 13.2 Å². The second-order valence-corrected chi connectivity index (χ2v) is 4.94. The third-order valence-electron chi connectivity index (χ3n) is 3.28. The minimum Gasteiger partial charge on any atom is -0.478 e. The van der Waals surface area contributed by atoms with E-state index in [4.69, 9.17) is 9.47 Å². The first-order chi connectivity index (χ1) is 8.19. The van der Waals surface area contributed by atoms with Crippen LogP contribution in [0.3, 0.4) is 0 Å². The van der Waals surface area contributed by atoms with Crippen LogP contribution >= 0.6 is 0 Å². The Kier molecular flexibility index (Phi) is 4.02. The summed E-state index contributed by atoms with van der Waals surface area (Å²) in [5.41, 5.74) is 0. The van der Waals surface area contributed by atoms with Crippen molar-refractivity contribution < 1.29 is 9.47 Å². The van der Waals surface area contributed by atoms with Gasteiger partial charge in [-0.2, -0.15) is 0 Å². The predicted molar refractivity (Wildman–Crippen MR) is 68.7 cm³/mol. The first-order valence-electron chi connectivity index (χ1n) is 6.59. The highest BCUT2D eigenvalue weighted by Crippen LogP contribution is 2.19. The van der Waals surface area contributed by atoms with Crippen molar-refractivity contribution in [2.24, 2.45) is 15.9 Å². The lowest BCUT2D eigenvalue weighted by atomic mass is 10.1. The molecule has 0 fully saturated rings. The molecule has 0 spiro atoms. The van der Waals surface area contributed by atoms with E-state index in [1.165, 1.54) is 0 Å². The van der Waals surface area contributed by atoms with Gasteiger partial charge < -0.3 is 9.47 Å². The van der Waals surface area contributed by atoms with Gasteiger partial charge in [0.15, 0.2) is 11.8 Å². The van der Waals surface area contributed by atoms with Crippen LogP contribution in [0.5, 0.6) is 0 Å². The summed E-state index contributed by atoms with van der Waals surface area (Å²) in [6.07, 6.45) is 3.21. The maximum atomic E-state index is 5.62. The first-order valence-corrected chi connectivity index (χ1v) is 6.59. The van der Waals surface area contributed by atoms with Crippen LogP contribution in [0.4, 0.5) is 0 Å². The lowest BCUT2D eigenvalue weighted by Crippen LogP contribution is -2.14. The van der Waals surface area contributed by atoms with Crippen molar-refractivity contribution in [3.63, 3.8) is 0 Å². The van der Waals surface area contributed by atoms with Crippen LogP contribution in [0.2, 0.25) is 0 Å². The fourth-order valence-electron chi connectivity index (χ4n) is 2.05. The van der Waals surface area contributed by atoms with Gasteiger partial charge in [0.05, 0.1) is 12.6 Å². The smallest absolute Gasteiger partial charge is 0.186 e. The molecule has 3 unspecified atom stereocenters. The molecule has 17 heavy (non-hydrogen) atoms. The lowest BCUT2D eigenvalue weighted by molar-refractivity contribution is 0.237. The minimum atomic E-state index is 0.254. The van der Waals surface area contributed by atoms with Gasteiger partial charge in [-0.15, -0.1) is 0 Å². The maximum absolute atomic E-state index is 5.62. The van der Waals surface area contributed by atoms with Crippen LogP contribution < -0.4 is 0 Å². The van der Waals surface area contributed by atoms with Crippen molar-refractivity contribution in [3.8, 4) is 0 Å². The summed E-state index contributed by atoms with van der Waals surface area (Å²) in [4.78, 5) is 8.94. The molecule has 0 saturated carbocycles. The Labute approximate surface area is 103 Å². The normalized spacial score (nSPS) is 29.4. The average Bonchev–Trinajstić information content (AvgIpc) is 2.94. The van der Waals surface area contributed by atoms with E-state index in [1.807, 2.05) is 0 Å². The molecule has 4 nitrogen and oxygen atoms in total. The van der Waals surface area contributed by atoms with Crippen LogP contribution in [0.15, 0.2) is 9.98 Å². The number of nitrogens with zero attached hydrogens (tertiary/aromatic N) is 2. The SMILES string of the molecule is CCC1COC(C(C)CCC2=NCC(C)O2)=N1. The summed E-state index contributed by atoms with van der Waals surface area (Å²) in [5, 5.41) is 0. The van der Waals surface area contributed by atoms with E-state index < -0.39 is 0 Å². The quantitative estimate of drug-likeness (QED) is 0.738. The highest BCUT2D eigenvalue weighted by atomic mass is 16.5. The van der Waals surface area contributed by atoms with Crippen molar-refractivity contribution in [3.05, 3.63) is 0 Å². The Morgan fingerprint density at radius 2 is 2.29 bits per heavy atom. The molecular formula is C13H22N2O2. The molecule has 0 aromatic heterocycles. The Bertz CT molecular complexity index is 325. The predicted octanol–water partition coefficient (Wildman–Crippen LogP) is 2.43. The van der Waals surface area contributed by atoms with E-state index in [0.29, 0.717) is 12.0 Å². The molecule has 3 atom stereocenters. The van der Waals surface area contributed by atoms with Crippen LogP contribution in [0.25, 0.3) is 0 Å². The number of hydrogen-bond acceptors (Lipinski definition) is 4. The molecule has 2 heterocycles.